The van der Waals surface area contributed by atoms with Crippen LogP contribution in [-0.2, 0) is 0 Å². The Morgan fingerprint density at radius 1 is 0.833 bits per heavy atom. The monoisotopic (exact) mass is 237 g/mol. The molecule has 0 aliphatic heterocycles. The van der Waals surface area contributed by atoms with Gasteiger partial charge in [0.15, 0.2) is 0 Å². The average Bonchev–Trinajstić information content (AvgIpc) is 2.43. The van der Waals surface area contributed by atoms with Crippen LogP contribution in [0.15, 0.2) is 54.6 Å². The van der Waals surface area contributed by atoms with Gasteiger partial charge in [-0.05, 0) is 16.8 Å². The predicted molar refractivity (Wildman–Crippen MR) is 77.0 cm³/mol. The van der Waals surface area contributed by atoms with E-state index in [1.165, 1.54) is 21.5 Å². The minimum atomic E-state index is 0.136. The first-order valence-electron chi connectivity index (χ1n) is 6.15. The van der Waals surface area contributed by atoms with Gasteiger partial charge in [0.25, 0.3) is 0 Å². The maximum Gasteiger partial charge on any atom is 0.0604 e. The zero-order chi connectivity index (χ0) is 12.4. The number of benzene rings is 3. The van der Waals surface area contributed by atoms with Gasteiger partial charge in [-0.1, -0.05) is 48.5 Å². The van der Waals surface area contributed by atoms with E-state index in [-0.39, 0.29) is 6.61 Å². The summed E-state index contributed by atoms with van der Waals surface area (Å²) in [6, 6.07) is 18.8. The first-order valence-corrected chi connectivity index (χ1v) is 6.15. The smallest absolute Gasteiger partial charge is 0.0604 e. The third kappa shape index (κ3) is 1.81. The highest BCUT2D eigenvalue weighted by molar-refractivity contribution is 6.10. The number of rotatable bonds is 3. The van der Waals surface area contributed by atoms with Crippen molar-refractivity contribution < 1.29 is 5.11 Å². The lowest BCUT2D eigenvalue weighted by Crippen LogP contribution is -2.06. The predicted octanol–water partition coefficient (Wildman–Crippen LogP) is 3.40. The summed E-state index contributed by atoms with van der Waals surface area (Å²) < 4.78 is 0. The molecule has 18 heavy (non-hydrogen) atoms. The summed E-state index contributed by atoms with van der Waals surface area (Å²) in [6.07, 6.45) is 0. The second-order valence-electron chi connectivity index (χ2n) is 4.34. The largest absolute Gasteiger partial charge is 0.395 e. The second-order valence-corrected chi connectivity index (χ2v) is 4.34. The van der Waals surface area contributed by atoms with Crippen molar-refractivity contribution in [3.63, 3.8) is 0 Å². The molecule has 2 nitrogen and oxygen atoms in total. The van der Waals surface area contributed by atoms with E-state index >= 15 is 0 Å². The molecule has 3 rings (SSSR count). The normalized spacial score (nSPS) is 10.9. The molecule has 0 aliphatic carbocycles. The molecule has 2 heteroatoms. The highest BCUT2D eigenvalue weighted by Gasteiger charge is 2.05. The summed E-state index contributed by atoms with van der Waals surface area (Å²) in [4.78, 5) is 0. The summed E-state index contributed by atoms with van der Waals surface area (Å²) in [5, 5.41) is 17.2. The Bertz CT molecular complexity index is 637. The Hall–Kier alpha value is -2.06. The van der Waals surface area contributed by atoms with Crippen LogP contribution in [-0.4, -0.2) is 18.3 Å². The molecule has 3 aromatic carbocycles. The summed E-state index contributed by atoms with van der Waals surface area (Å²) in [6.45, 7) is 0.704. The third-order valence-corrected chi connectivity index (χ3v) is 3.18. The van der Waals surface area contributed by atoms with E-state index in [0.29, 0.717) is 6.54 Å². The van der Waals surface area contributed by atoms with E-state index in [0.717, 1.165) is 5.69 Å². The molecule has 0 aromatic heterocycles. The van der Waals surface area contributed by atoms with Crippen LogP contribution in [0.25, 0.3) is 21.5 Å². The van der Waals surface area contributed by atoms with E-state index in [1.54, 1.807) is 0 Å². The van der Waals surface area contributed by atoms with Crippen LogP contribution < -0.4 is 5.32 Å². The Morgan fingerprint density at radius 2 is 1.39 bits per heavy atom. The van der Waals surface area contributed by atoms with E-state index in [1.807, 2.05) is 24.3 Å². The Labute approximate surface area is 106 Å². The van der Waals surface area contributed by atoms with Gasteiger partial charge in [0.1, 0.15) is 0 Å². The maximum atomic E-state index is 9.01. The number of hydrogen-bond acceptors (Lipinski definition) is 2. The standard InChI is InChI=1S/C16H15NO/c18-10-9-17-16-14-7-3-1-5-12(14)11-13-6-2-4-8-15(13)16/h1-8,11,17-18H,9-10H2. The van der Waals surface area contributed by atoms with Gasteiger partial charge in [0.2, 0.25) is 0 Å². The first-order chi connectivity index (χ1) is 8.90. The molecule has 0 fully saturated rings. The average molecular weight is 237 g/mol. The van der Waals surface area contributed by atoms with Crippen molar-refractivity contribution in [2.24, 2.45) is 0 Å². The zero-order valence-corrected chi connectivity index (χ0v) is 10.1. The number of aliphatic hydroxyl groups excluding tert-OH is 1. The molecule has 2 N–H and O–H groups in total. The highest BCUT2D eigenvalue weighted by atomic mass is 16.3. The fourth-order valence-electron chi connectivity index (χ4n) is 2.39. The molecule has 0 saturated heterocycles. The van der Waals surface area contributed by atoms with Crippen molar-refractivity contribution >= 4 is 27.2 Å². The van der Waals surface area contributed by atoms with Crippen molar-refractivity contribution in [3.8, 4) is 0 Å². The molecule has 0 atom stereocenters. The zero-order valence-electron chi connectivity index (χ0n) is 10.1. The van der Waals surface area contributed by atoms with Crippen LogP contribution in [0.4, 0.5) is 5.69 Å². The number of fused-ring (bicyclic) bond motifs is 2. The lowest BCUT2D eigenvalue weighted by molar-refractivity contribution is 0.311. The summed E-state index contributed by atoms with van der Waals surface area (Å²) >= 11 is 0. The van der Waals surface area contributed by atoms with Gasteiger partial charge in [-0.25, -0.2) is 0 Å². The second kappa shape index (κ2) is 4.67. The number of hydrogen-bond donors (Lipinski definition) is 2. The van der Waals surface area contributed by atoms with Crippen LogP contribution >= 0.6 is 0 Å². The Balaban J connectivity index is 2.34. The van der Waals surface area contributed by atoms with Crippen LogP contribution in [0.5, 0.6) is 0 Å². The molecule has 0 spiro atoms. The van der Waals surface area contributed by atoms with Gasteiger partial charge in [-0.15, -0.1) is 0 Å². The maximum absolute atomic E-state index is 9.01. The van der Waals surface area contributed by atoms with Crippen LogP contribution in [0, 0.1) is 0 Å². The van der Waals surface area contributed by atoms with E-state index in [4.69, 9.17) is 5.11 Å². The van der Waals surface area contributed by atoms with Gasteiger partial charge in [-0.2, -0.15) is 0 Å². The van der Waals surface area contributed by atoms with Crippen LogP contribution in [0.3, 0.4) is 0 Å². The molecule has 0 bridgehead atoms. The lowest BCUT2D eigenvalue weighted by atomic mass is 10.0. The number of nitrogens with one attached hydrogen (secondary N) is 1. The highest BCUT2D eigenvalue weighted by Crippen LogP contribution is 2.32. The molecule has 0 amide bonds. The van der Waals surface area contributed by atoms with Gasteiger partial charge < -0.3 is 10.4 Å². The molecular weight excluding hydrogens is 222 g/mol. The van der Waals surface area contributed by atoms with E-state index in [2.05, 4.69) is 35.6 Å². The molecule has 3 aromatic rings. The van der Waals surface area contributed by atoms with Crippen molar-refractivity contribution in [3.05, 3.63) is 54.6 Å². The molecule has 0 aliphatic rings. The molecule has 90 valence electrons. The first kappa shape index (κ1) is 11.1. The molecule has 0 radical (unpaired) electrons. The fraction of sp³-hybridized carbons (Fsp3) is 0.125. The number of aliphatic hydroxyl groups is 1. The van der Waals surface area contributed by atoms with Gasteiger partial charge in [0, 0.05) is 23.0 Å². The summed E-state index contributed by atoms with van der Waals surface area (Å²) in [5.41, 5.74) is 1.11. The fourth-order valence-corrected chi connectivity index (χ4v) is 2.39. The number of anilines is 1. The Morgan fingerprint density at radius 3 is 1.94 bits per heavy atom. The van der Waals surface area contributed by atoms with Crippen molar-refractivity contribution in [2.45, 2.75) is 0 Å². The van der Waals surface area contributed by atoms with Gasteiger partial charge in [-0.3, -0.25) is 0 Å². The Kier molecular flexibility index (Phi) is 2.87. The van der Waals surface area contributed by atoms with E-state index < -0.39 is 0 Å². The minimum absolute atomic E-state index is 0.136. The molecule has 0 unspecified atom stereocenters. The van der Waals surface area contributed by atoms with Crippen molar-refractivity contribution in [1.29, 1.82) is 0 Å². The van der Waals surface area contributed by atoms with Gasteiger partial charge in [0.05, 0.1) is 6.61 Å². The quantitative estimate of drug-likeness (QED) is 0.684. The molecule has 0 heterocycles. The minimum Gasteiger partial charge on any atom is -0.395 e. The summed E-state index contributed by atoms with van der Waals surface area (Å²) in [5.74, 6) is 0. The van der Waals surface area contributed by atoms with E-state index in [9.17, 15) is 0 Å². The third-order valence-electron chi connectivity index (χ3n) is 3.18. The van der Waals surface area contributed by atoms with Crippen molar-refractivity contribution in [2.75, 3.05) is 18.5 Å². The van der Waals surface area contributed by atoms with Crippen molar-refractivity contribution in [1.82, 2.24) is 0 Å². The molecular formula is C16H15NO. The summed E-state index contributed by atoms with van der Waals surface area (Å²) in [7, 11) is 0. The van der Waals surface area contributed by atoms with Crippen LogP contribution in [0.1, 0.15) is 0 Å². The van der Waals surface area contributed by atoms with Gasteiger partial charge >= 0.3 is 0 Å². The molecule has 0 saturated carbocycles. The van der Waals surface area contributed by atoms with Crippen LogP contribution in [0.2, 0.25) is 0 Å². The lowest BCUT2D eigenvalue weighted by Gasteiger charge is -2.12. The SMILES string of the molecule is OCCNc1c2ccccc2cc2ccccc12. The topological polar surface area (TPSA) is 32.3 Å².